The third-order valence-electron chi connectivity index (χ3n) is 3.11. The van der Waals surface area contributed by atoms with Gasteiger partial charge in [-0.05, 0) is 36.5 Å². The van der Waals surface area contributed by atoms with Crippen LogP contribution in [0.4, 0.5) is 5.69 Å². The first-order chi connectivity index (χ1) is 8.45. The number of rotatable bonds is 1. The predicted molar refractivity (Wildman–Crippen MR) is 82.7 cm³/mol. The topological polar surface area (TPSA) is 24.4 Å². The second-order valence-corrected chi connectivity index (χ2v) is 6.96. The Labute approximate surface area is 114 Å². The number of thioether (sulfide) groups is 1. The minimum Gasteiger partial charge on any atom is -0.335 e. The highest BCUT2D eigenvalue weighted by molar-refractivity contribution is 8.14. The zero-order valence-electron chi connectivity index (χ0n) is 11.7. The number of hydrogen-bond donors (Lipinski definition) is 1. The van der Waals surface area contributed by atoms with Crippen LogP contribution < -0.4 is 5.32 Å². The highest BCUT2D eigenvalue weighted by Gasteiger charge is 2.14. The summed E-state index contributed by atoms with van der Waals surface area (Å²) in [5.74, 6) is 1.16. The molecule has 0 radical (unpaired) electrons. The highest BCUT2D eigenvalue weighted by atomic mass is 32.2. The maximum absolute atomic E-state index is 4.62. The van der Waals surface area contributed by atoms with E-state index in [1.807, 2.05) is 11.8 Å². The SMILES string of the molecule is CC1CCSC(Nc2ccc(C(C)(C)C)cc2)=N1. The number of benzene rings is 1. The lowest BCUT2D eigenvalue weighted by molar-refractivity contribution is 0.590. The number of aliphatic imine (C=N–C) groups is 1. The molecule has 1 aromatic carbocycles. The van der Waals surface area contributed by atoms with E-state index in [0.717, 1.165) is 16.6 Å². The number of amidine groups is 1. The molecule has 1 N–H and O–H groups in total. The fraction of sp³-hybridized carbons (Fsp3) is 0.533. The van der Waals surface area contributed by atoms with E-state index >= 15 is 0 Å². The van der Waals surface area contributed by atoms with Gasteiger partial charge in [0, 0.05) is 11.4 Å². The van der Waals surface area contributed by atoms with Gasteiger partial charge in [0.25, 0.3) is 0 Å². The van der Waals surface area contributed by atoms with E-state index in [2.05, 4.69) is 62.3 Å². The van der Waals surface area contributed by atoms with Crippen LogP contribution in [0.2, 0.25) is 0 Å². The highest BCUT2D eigenvalue weighted by Crippen LogP contribution is 2.24. The summed E-state index contributed by atoms with van der Waals surface area (Å²) >= 11 is 1.81. The molecule has 1 aliphatic rings. The first-order valence-electron chi connectivity index (χ1n) is 6.53. The smallest absolute Gasteiger partial charge is 0.161 e. The van der Waals surface area contributed by atoms with Crippen molar-refractivity contribution in [2.24, 2.45) is 4.99 Å². The monoisotopic (exact) mass is 262 g/mol. The molecule has 1 heterocycles. The molecule has 0 aliphatic carbocycles. The Hall–Kier alpha value is -0.960. The molecule has 0 aromatic heterocycles. The Morgan fingerprint density at radius 1 is 1.22 bits per heavy atom. The lowest BCUT2D eigenvalue weighted by Crippen LogP contribution is -2.18. The predicted octanol–water partition coefficient (Wildman–Crippen LogP) is 4.28. The van der Waals surface area contributed by atoms with Crippen molar-refractivity contribution < 1.29 is 0 Å². The molecule has 2 rings (SSSR count). The Balaban J connectivity index is 2.07. The van der Waals surface area contributed by atoms with Crippen molar-refractivity contribution in [1.29, 1.82) is 0 Å². The van der Waals surface area contributed by atoms with Gasteiger partial charge in [0.15, 0.2) is 5.17 Å². The maximum Gasteiger partial charge on any atom is 0.161 e. The first kappa shape index (κ1) is 13.5. The largest absolute Gasteiger partial charge is 0.335 e. The van der Waals surface area contributed by atoms with Crippen LogP contribution in [0, 0.1) is 0 Å². The minimum absolute atomic E-state index is 0.212. The van der Waals surface area contributed by atoms with Gasteiger partial charge in [-0.25, -0.2) is 0 Å². The second-order valence-electron chi connectivity index (χ2n) is 5.87. The van der Waals surface area contributed by atoms with E-state index in [4.69, 9.17) is 0 Å². The van der Waals surface area contributed by atoms with Gasteiger partial charge in [-0.15, -0.1) is 0 Å². The van der Waals surface area contributed by atoms with E-state index in [1.165, 1.54) is 12.0 Å². The molecule has 0 spiro atoms. The van der Waals surface area contributed by atoms with Crippen molar-refractivity contribution >= 4 is 22.6 Å². The molecule has 0 saturated heterocycles. The van der Waals surface area contributed by atoms with E-state index in [9.17, 15) is 0 Å². The Bertz CT molecular complexity index is 429. The summed E-state index contributed by atoms with van der Waals surface area (Å²) in [6.45, 7) is 8.87. The van der Waals surface area contributed by atoms with Crippen LogP contribution >= 0.6 is 11.8 Å². The first-order valence-corrected chi connectivity index (χ1v) is 7.52. The molecule has 1 atom stereocenters. The van der Waals surface area contributed by atoms with E-state index in [0.29, 0.717) is 6.04 Å². The van der Waals surface area contributed by atoms with Gasteiger partial charge < -0.3 is 5.32 Å². The molecular formula is C15H22N2S. The minimum atomic E-state index is 0.212. The Morgan fingerprint density at radius 2 is 1.89 bits per heavy atom. The van der Waals surface area contributed by atoms with Crippen LogP contribution in [0.15, 0.2) is 29.3 Å². The lowest BCUT2D eigenvalue weighted by atomic mass is 9.87. The summed E-state index contributed by atoms with van der Waals surface area (Å²) in [4.78, 5) is 4.62. The molecule has 98 valence electrons. The van der Waals surface area contributed by atoms with Gasteiger partial charge in [-0.1, -0.05) is 44.7 Å². The molecule has 1 aliphatic heterocycles. The quantitative estimate of drug-likeness (QED) is 0.817. The molecule has 18 heavy (non-hydrogen) atoms. The van der Waals surface area contributed by atoms with Crippen LogP contribution in [-0.4, -0.2) is 17.0 Å². The van der Waals surface area contributed by atoms with Crippen LogP contribution in [0.25, 0.3) is 0 Å². The van der Waals surface area contributed by atoms with Crippen LogP contribution in [0.3, 0.4) is 0 Å². The van der Waals surface area contributed by atoms with Gasteiger partial charge in [-0.2, -0.15) is 0 Å². The third kappa shape index (κ3) is 3.52. The van der Waals surface area contributed by atoms with Gasteiger partial charge >= 0.3 is 0 Å². The van der Waals surface area contributed by atoms with Crippen LogP contribution in [-0.2, 0) is 5.41 Å². The zero-order valence-corrected chi connectivity index (χ0v) is 12.5. The lowest BCUT2D eigenvalue weighted by Gasteiger charge is -2.20. The summed E-state index contributed by atoms with van der Waals surface area (Å²) in [5.41, 5.74) is 2.70. The third-order valence-corrected chi connectivity index (χ3v) is 4.03. The fourth-order valence-corrected chi connectivity index (χ4v) is 2.97. The maximum atomic E-state index is 4.62. The Morgan fingerprint density at radius 3 is 2.44 bits per heavy atom. The van der Waals surface area contributed by atoms with Crippen molar-refractivity contribution in [2.75, 3.05) is 11.1 Å². The van der Waals surface area contributed by atoms with Crippen molar-refractivity contribution in [1.82, 2.24) is 0 Å². The fourth-order valence-electron chi connectivity index (χ4n) is 1.87. The van der Waals surface area contributed by atoms with Gasteiger partial charge in [0.2, 0.25) is 0 Å². The summed E-state index contributed by atoms with van der Waals surface area (Å²) in [6.07, 6.45) is 1.18. The standard InChI is InChI=1S/C15H22N2S/c1-11-9-10-18-14(16-11)17-13-7-5-12(6-8-13)15(2,3)4/h5-8,11H,9-10H2,1-4H3,(H,16,17). The van der Waals surface area contributed by atoms with Crippen molar-refractivity contribution in [2.45, 2.75) is 45.6 Å². The van der Waals surface area contributed by atoms with Crippen molar-refractivity contribution in [3.8, 4) is 0 Å². The summed E-state index contributed by atoms with van der Waals surface area (Å²) in [7, 11) is 0. The average Bonchev–Trinajstić information content (AvgIpc) is 2.28. The summed E-state index contributed by atoms with van der Waals surface area (Å²) < 4.78 is 0. The molecular weight excluding hydrogens is 240 g/mol. The van der Waals surface area contributed by atoms with E-state index in [1.54, 1.807) is 0 Å². The van der Waals surface area contributed by atoms with Gasteiger partial charge in [0.1, 0.15) is 0 Å². The number of anilines is 1. The second kappa shape index (κ2) is 5.35. The van der Waals surface area contributed by atoms with Crippen molar-refractivity contribution in [3.63, 3.8) is 0 Å². The molecule has 3 heteroatoms. The van der Waals surface area contributed by atoms with E-state index < -0.39 is 0 Å². The number of nitrogens with one attached hydrogen (secondary N) is 1. The summed E-state index contributed by atoms with van der Waals surface area (Å²) in [6, 6.07) is 9.12. The van der Waals surface area contributed by atoms with Gasteiger partial charge in [0.05, 0.1) is 6.04 Å². The van der Waals surface area contributed by atoms with Crippen LogP contribution in [0.5, 0.6) is 0 Å². The number of hydrogen-bond acceptors (Lipinski definition) is 3. The van der Waals surface area contributed by atoms with Crippen LogP contribution in [0.1, 0.15) is 39.7 Å². The number of nitrogens with zero attached hydrogens (tertiary/aromatic N) is 1. The molecule has 1 unspecified atom stereocenters. The van der Waals surface area contributed by atoms with Gasteiger partial charge in [-0.3, -0.25) is 4.99 Å². The molecule has 0 amide bonds. The molecule has 0 fully saturated rings. The average molecular weight is 262 g/mol. The molecule has 2 nitrogen and oxygen atoms in total. The summed E-state index contributed by atoms with van der Waals surface area (Å²) in [5, 5.41) is 4.46. The Kier molecular flexibility index (Phi) is 4.00. The van der Waals surface area contributed by atoms with Crippen molar-refractivity contribution in [3.05, 3.63) is 29.8 Å². The molecule has 1 aromatic rings. The van der Waals surface area contributed by atoms with E-state index in [-0.39, 0.29) is 5.41 Å². The molecule has 0 saturated carbocycles. The molecule has 0 bridgehead atoms. The normalized spacial score (nSPS) is 20.4. The zero-order chi connectivity index (χ0) is 13.2.